The summed E-state index contributed by atoms with van der Waals surface area (Å²) in [5.41, 5.74) is 12.0. The Kier molecular flexibility index (Phi) is 8.19. The molecule has 0 aliphatic heterocycles. The maximum absolute atomic E-state index is 6.84. The van der Waals surface area contributed by atoms with Crippen molar-refractivity contribution in [2.75, 3.05) is 4.90 Å². The van der Waals surface area contributed by atoms with E-state index in [-0.39, 0.29) is 0 Å². The quantitative estimate of drug-likeness (QED) is 0.151. The van der Waals surface area contributed by atoms with Crippen LogP contribution in [0.25, 0.3) is 88.0 Å². The van der Waals surface area contributed by atoms with E-state index in [0.29, 0.717) is 0 Å². The molecule has 1 heterocycles. The Balaban J connectivity index is 1.08. The Morgan fingerprint density at radius 2 is 0.879 bits per heavy atom. The van der Waals surface area contributed by atoms with Crippen LogP contribution in [0, 0.1) is 0 Å². The van der Waals surface area contributed by atoms with Crippen molar-refractivity contribution in [2.24, 2.45) is 0 Å². The Hall–Kier alpha value is -7.68. The van der Waals surface area contributed by atoms with Crippen molar-refractivity contribution in [3.8, 4) is 44.7 Å². The molecule has 11 aromatic rings. The van der Waals surface area contributed by atoms with Gasteiger partial charge in [-0.05, 0) is 115 Å². The lowest BCUT2D eigenvalue weighted by molar-refractivity contribution is 0.632. The molecule has 0 atom stereocenters. The summed E-state index contributed by atoms with van der Waals surface area (Å²) in [4.78, 5) is 2.36. The average molecular weight is 740 g/mol. The first kappa shape index (κ1) is 33.6. The van der Waals surface area contributed by atoms with Crippen molar-refractivity contribution < 1.29 is 4.42 Å². The van der Waals surface area contributed by atoms with Crippen molar-refractivity contribution in [1.29, 1.82) is 0 Å². The van der Waals surface area contributed by atoms with Crippen LogP contribution in [0.3, 0.4) is 0 Å². The van der Waals surface area contributed by atoms with Gasteiger partial charge in [-0.15, -0.1) is 0 Å². The van der Waals surface area contributed by atoms with E-state index in [4.69, 9.17) is 4.42 Å². The lowest BCUT2D eigenvalue weighted by atomic mass is 9.93. The molecule has 0 spiro atoms. The second-order valence-corrected chi connectivity index (χ2v) is 14.9. The molecule has 272 valence electrons. The van der Waals surface area contributed by atoms with Gasteiger partial charge in [0.1, 0.15) is 11.3 Å². The molecule has 0 amide bonds. The third kappa shape index (κ3) is 5.82. The van der Waals surface area contributed by atoms with Gasteiger partial charge in [-0.1, -0.05) is 170 Å². The third-order valence-electron chi connectivity index (χ3n) is 11.5. The number of nitrogens with zero attached hydrogens (tertiary/aromatic N) is 1. The summed E-state index contributed by atoms with van der Waals surface area (Å²) in [6, 6.07) is 80.5. The fourth-order valence-electron chi connectivity index (χ4n) is 8.67. The van der Waals surface area contributed by atoms with Gasteiger partial charge in [0, 0.05) is 27.9 Å². The van der Waals surface area contributed by atoms with Crippen LogP contribution in [0.1, 0.15) is 0 Å². The van der Waals surface area contributed by atoms with E-state index in [1.54, 1.807) is 0 Å². The highest BCUT2D eigenvalue weighted by Gasteiger charge is 2.24. The van der Waals surface area contributed by atoms with E-state index < -0.39 is 0 Å². The van der Waals surface area contributed by atoms with Crippen molar-refractivity contribution in [2.45, 2.75) is 0 Å². The highest BCUT2D eigenvalue weighted by molar-refractivity contribution is 6.14. The predicted octanol–water partition coefficient (Wildman–Crippen LogP) is 16.0. The molecule has 0 N–H and O–H groups in total. The van der Waals surface area contributed by atoms with Gasteiger partial charge in [0.05, 0.1) is 5.69 Å². The standard InChI is InChI=1S/C56H37NO/c1-2-15-41(16-3-1)55-51-23-11-13-25-54(51)58-56(55)50-22-10-12-24-53(50)57(45-32-28-39(29-33-45)43-27-26-38-14-4-5-17-42(38)36-43)46-34-30-40(31-35-46)52-37-44-18-6-7-19-47(44)48-20-8-9-21-49(48)52/h1-37H. The second kappa shape index (κ2) is 14.1. The van der Waals surface area contributed by atoms with Crippen LogP contribution < -0.4 is 4.90 Å². The summed E-state index contributed by atoms with van der Waals surface area (Å²) < 4.78 is 6.84. The SMILES string of the molecule is c1ccc(-c2c(-c3ccccc3N(c3ccc(-c4ccc5ccccc5c4)cc3)c3ccc(-c4cc5ccccc5c5ccccc45)cc3)oc3ccccc23)cc1. The number of rotatable bonds is 7. The molecule has 10 aromatic carbocycles. The summed E-state index contributed by atoms with van der Waals surface area (Å²) in [5, 5.41) is 8.60. The van der Waals surface area contributed by atoms with Gasteiger partial charge < -0.3 is 9.32 Å². The van der Waals surface area contributed by atoms with Crippen molar-refractivity contribution in [3.05, 3.63) is 224 Å². The molecular formula is C56H37NO. The second-order valence-electron chi connectivity index (χ2n) is 14.9. The van der Waals surface area contributed by atoms with E-state index >= 15 is 0 Å². The topological polar surface area (TPSA) is 16.4 Å². The third-order valence-corrected chi connectivity index (χ3v) is 11.5. The van der Waals surface area contributed by atoms with Crippen LogP contribution >= 0.6 is 0 Å². The van der Waals surface area contributed by atoms with E-state index in [1.165, 1.54) is 54.6 Å². The molecule has 0 aliphatic rings. The van der Waals surface area contributed by atoms with Gasteiger partial charge in [0.25, 0.3) is 0 Å². The zero-order valence-electron chi connectivity index (χ0n) is 31.7. The Labute approximate surface area is 337 Å². The zero-order valence-corrected chi connectivity index (χ0v) is 31.7. The van der Waals surface area contributed by atoms with Gasteiger partial charge in [-0.3, -0.25) is 0 Å². The van der Waals surface area contributed by atoms with Crippen LogP contribution in [0.5, 0.6) is 0 Å². The normalized spacial score (nSPS) is 11.4. The Morgan fingerprint density at radius 1 is 0.310 bits per heavy atom. The monoisotopic (exact) mass is 739 g/mol. The largest absolute Gasteiger partial charge is 0.455 e. The number of furan rings is 1. The van der Waals surface area contributed by atoms with E-state index in [9.17, 15) is 0 Å². The van der Waals surface area contributed by atoms with Crippen molar-refractivity contribution in [1.82, 2.24) is 0 Å². The Morgan fingerprint density at radius 3 is 1.66 bits per heavy atom. The molecule has 0 saturated carbocycles. The zero-order chi connectivity index (χ0) is 38.4. The molecule has 0 saturated heterocycles. The molecule has 1 aromatic heterocycles. The lowest BCUT2D eigenvalue weighted by Crippen LogP contribution is -2.11. The number of fused-ring (bicyclic) bond motifs is 5. The maximum Gasteiger partial charge on any atom is 0.145 e. The van der Waals surface area contributed by atoms with Crippen LogP contribution in [-0.2, 0) is 0 Å². The van der Waals surface area contributed by atoms with Gasteiger partial charge in [0.2, 0.25) is 0 Å². The first-order valence-electron chi connectivity index (χ1n) is 19.8. The van der Waals surface area contributed by atoms with Gasteiger partial charge >= 0.3 is 0 Å². The van der Waals surface area contributed by atoms with E-state index in [0.717, 1.165) is 50.5 Å². The predicted molar refractivity (Wildman–Crippen MR) is 245 cm³/mol. The minimum atomic E-state index is 0.847. The summed E-state index contributed by atoms with van der Waals surface area (Å²) in [6.45, 7) is 0. The molecule has 0 fully saturated rings. The molecule has 58 heavy (non-hydrogen) atoms. The highest BCUT2D eigenvalue weighted by atomic mass is 16.3. The van der Waals surface area contributed by atoms with Crippen LogP contribution in [0.2, 0.25) is 0 Å². The minimum Gasteiger partial charge on any atom is -0.455 e. The summed E-state index contributed by atoms with van der Waals surface area (Å²) in [7, 11) is 0. The minimum absolute atomic E-state index is 0.847. The van der Waals surface area contributed by atoms with Crippen molar-refractivity contribution >= 4 is 60.3 Å². The van der Waals surface area contributed by atoms with E-state index in [2.05, 4.69) is 223 Å². The number of anilines is 3. The van der Waals surface area contributed by atoms with Crippen LogP contribution in [0.4, 0.5) is 17.1 Å². The maximum atomic E-state index is 6.84. The number of benzene rings is 10. The van der Waals surface area contributed by atoms with Crippen LogP contribution in [-0.4, -0.2) is 0 Å². The molecular weight excluding hydrogens is 703 g/mol. The Bertz CT molecular complexity index is 3270. The summed E-state index contributed by atoms with van der Waals surface area (Å²) in [6.07, 6.45) is 0. The number of hydrogen-bond acceptors (Lipinski definition) is 2. The highest BCUT2D eigenvalue weighted by Crippen LogP contribution is 2.47. The van der Waals surface area contributed by atoms with Gasteiger partial charge in [-0.25, -0.2) is 0 Å². The molecule has 11 rings (SSSR count). The number of hydrogen-bond donors (Lipinski definition) is 0. The lowest BCUT2D eigenvalue weighted by Gasteiger charge is -2.28. The molecule has 0 aliphatic carbocycles. The van der Waals surface area contributed by atoms with Crippen molar-refractivity contribution in [3.63, 3.8) is 0 Å². The average Bonchev–Trinajstić information content (AvgIpc) is 3.69. The molecule has 2 nitrogen and oxygen atoms in total. The molecule has 2 heteroatoms. The molecule has 0 unspecified atom stereocenters. The molecule has 0 bridgehead atoms. The number of para-hydroxylation sites is 2. The molecule has 0 radical (unpaired) electrons. The summed E-state index contributed by atoms with van der Waals surface area (Å²) in [5.74, 6) is 0.847. The smallest absolute Gasteiger partial charge is 0.145 e. The fraction of sp³-hybridized carbons (Fsp3) is 0. The van der Waals surface area contributed by atoms with E-state index in [1.807, 2.05) is 6.07 Å². The van der Waals surface area contributed by atoms with Gasteiger partial charge in [0.15, 0.2) is 0 Å². The first-order valence-corrected chi connectivity index (χ1v) is 19.8. The van der Waals surface area contributed by atoms with Crippen LogP contribution in [0.15, 0.2) is 229 Å². The summed E-state index contributed by atoms with van der Waals surface area (Å²) >= 11 is 0. The van der Waals surface area contributed by atoms with Gasteiger partial charge in [-0.2, -0.15) is 0 Å². The fourth-order valence-corrected chi connectivity index (χ4v) is 8.67. The first-order chi connectivity index (χ1) is 28.8.